The summed E-state index contributed by atoms with van der Waals surface area (Å²) in [7, 11) is 0. The lowest BCUT2D eigenvalue weighted by molar-refractivity contribution is -0.147. The van der Waals surface area contributed by atoms with Crippen LogP contribution in [0.5, 0.6) is 0 Å². The van der Waals surface area contributed by atoms with Crippen LogP contribution in [0.1, 0.15) is 18.4 Å². The van der Waals surface area contributed by atoms with Crippen molar-refractivity contribution >= 4 is 39.2 Å². The van der Waals surface area contributed by atoms with Crippen molar-refractivity contribution in [2.75, 3.05) is 24.6 Å². The van der Waals surface area contributed by atoms with Gasteiger partial charge in [-0.1, -0.05) is 39.7 Å². The van der Waals surface area contributed by atoms with Crippen molar-refractivity contribution in [2.45, 2.75) is 12.8 Å². The highest BCUT2D eigenvalue weighted by Gasteiger charge is 2.39. The van der Waals surface area contributed by atoms with Crippen molar-refractivity contribution in [2.24, 2.45) is 5.92 Å². The maximum Gasteiger partial charge on any atom is 0.311 e. The van der Waals surface area contributed by atoms with E-state index in [1.54, 1.807) is 12.3 Å². The van der Waals surface area contributed by atoms with Gasteiger partial charge >= 0.3 is 5.97 Å². The summed E-state index contributed by atoms with van der Waals surface area (Å²) < 4.78 is 6.32. The zero-order valence-corrected chi connectivity index (χ0v) is 15.6. The molecule has 1 aromatic heterocycles. The number of pyridine rings is 1. The molecule has 1 aliphatic heterocycles. The Hall–Kier alpha value is -1.59. The largest absolute Gasteiger partial charge is 0.466 e. The topological polar surface area (TPSA) is 42.4 Å². The first-order valence-corrected chi connectivity index (χ1v) is 9.04. The van der Waals surface area contributed by atoms with Crippen LogP contribution in [0.15, 0.2) is 47.1 Å². The Morgan fingerprint density at radius 3 is 2.67 bits per heavy atom. The average Bonchev–Trinajstić information content (AvgIpc) is 3.02. The summed E-state index contributed by atoms with van der Waals surface area (Å²) in [4.78, 5) is 18.7. The highest BCUT2D eigenvalue weighted by Crippen LogP contribution is 2.36. The van der Waals surface area contributed by atoms with Crippen LogP contribution in [-0.4, -0.2) is 30.6 Å². The minimum atomic E-state index is -0.193. The third-order valence-corrected chi connectivity index (χ3v) is 5.04. The van der Waals surface area contributed by atoms with Gasteiger partial charge in [0.05, 0.1) is 24.4 Å². The van der Waals surface area contributed by atoms with E-state index >= 15 is 0 Å². The predicted octanol–water partition coefficient (Wildman–Crippen LogP) is 4.28. The number of carbonyl (C=O) groups excluding carboxylic acids is 1. The molecule has 24 heavy (non-hydrogen) atoms. The first-order chi connectivity index (χ1) is 11.6. The van der Waals surface area contributed by atoms with Crippen LogP contribution in [0.3, 0.4) is 0 Å². The molecule has 1 aromatic carbocycles. The molecule has 0 N–H and O–H groups in total. The van der Waals surface area contributed by atoms with E-state index in [1.165, 1.54) is 0 Å². The van der Waals surface area contributed by atoms with Gasteiger partial charge in [0, 0.05) is 23.5 Å². The first-order valence-electron chi connectivity index (χ1n) is 7.87. The molecule has 4 nitrogen and oxygen atoms in total. The normalized spacial score (nSPS) is 20.2. The molecule has 0 radical (unpaired) electrons. The van der Waals surface area contributed by atoms with Crippen molar-refractivity contribution in [3.63, 3.8) is 0 Å². The standard InChI is InChI=1S/C18H18BrClN2O2/c1-2-24-18(23)16-11-22(14-7-8-17(20)21-9-14)10-15(16)12-3-5-13(19)6-4-12/h3-9,15-16H,2,10-11H2,1H3/t15-,16+/m1/s1. The highest BCUT2D eigenvalue weighted by molar-refractivity contribution is 9.10. The molecule has 6 heteroatoms. The number of aromatic nitrogens is 1. The van der Waals surface area contributed by atoms with Crippen LogP contribution < -0.4 is 4.90 Å². The van der Waals surface area contributed by atoms with Gasteiger partial charge in [0.1, 0.15) is 5.15 Å². The van der Waals surface area contributed by atoms with Crippen LogP contribution in [-0.2, 0) is 9.53 Å². The van der Waals surface area contributed by atoms with Crippen LogP contribution >= 0.6 is 27.5 Å². The molecular formula is C18H18BrClN2O2. The molecule has 1 aliphatic rings. The van der Waals surface area contributed by atoms with Gasteiger partial charge in [-0.05, 0) is 36.8 Å². The van der Waals surface area contributed by atoms with Crippen molar-refractivity contribution in [3.8, 4) is 0 Å². The van der Waals surface area contributed by atoms with Gasteiger partial charge in [-0.2, -0.15) is 0 Å². The number of anilines is 1. The van der Waals surface area contributed by atoms with Gasteiger partial charge in [0.2, 0.25) is 0 Å². The van der Waals surface area contributed by atoms with E-state index in [2.05, 4.69) is 37.9 Å². The number of benzene rings is 1. The molecular weight excluding hydrogens is 392 g/mol. The Labute approximate surface area is 154 Å². The third-order valence-electron chi connectivity index (χ3n) is 4.28. The Morgan fingerprint density at radius 2 is 2.04 bits per heavy atom. The van der Waals surface area contributed by atoms with Crippen LogP contribution in [0.2, 0.25) is 5.15 Å². The molecule has 126 valence electrons. The van der Waals surface area contributed by atoms with E-state index in [0.29, 0.717) is 18.3 Å². The number of rotatable bonds is 4. The van der Waals surface area contributed by atoms with Gasteiger partial charge in [-0.15, -0.1) is 0 Å². The summed E-state index contributed by atoms with van der Waals surface area (Å²) in [5, 5.41) is 0.462. The maximum atomic E-state index is 12.4. The molecule has 2 heterocycles. The van der Waals surface area contributed by atoms with Crippen molar-refractivity contribution < 1.29 is 9.53 Å². The van der Waals surface area contributed by atoms with Crippen molar-refractivity contribution in [1.82, 2.24) is 4.98 Å². The molecule has 0 spiro atoms. The Bertz CT molecular complexity index is 706. The molecule has 0 amide bonds. The van der Waals surface area contributed by atoms with Gasteiger partial charge in [-0.3, -0.25) is 4.79 Å². The van der Waals surface area contributed by atoms with Gasteiger partial charge in [0.15, 0.2) is 0 Å². The number of halogens is 2. The number of hydrogen-bond donors (Lipinski definition) is 0. The molecule has 1 saturated heterocycles. The minimum Gasteiger partial charge on any atom is -0.466 e. The Balaban J connectivity index is 1.87. The van der Waals surface area contributed by atoms with Gasteiger partial charge < -0.3 is 9.64 Å². The zero-order chi connectivity index (χ0) is 17.1. The monoisotopic (exact) mass is 408 g/mol. The summed E-state index contributed by atoms with van der Waals surface area (Å²) in [5.41, 5.74) is 2.11. The molecule has 0 unspecified atom stereocenters. The van der Waals surface area contributed by atoms with Gasteiger partial charge in [0.25, 0.3) is 0 Å². The maximum absolute atomic E-state index is 12.4. The lowest BCUT2D eigenvalue weighted by Gasteiger charge is -2.18. The van der Waals surface area contributed by atoms with Crippen LogP contribution in [0.4, 0.5) is 5.69 Å². The molecule has 2 atom stereocenters. The molecule has 0 aliphatic carbocycles. The SMILES string of the molecule is CCOC(=O)[C@H]1CN(c2ccc(Cl)nc2)C[C@@H]1c1ccc(Br)cc1. The third kappa shape index (κ3) is 3.73. The lowest BCUT2D eigenvalue weighted by atomic mass is 9.89. The zero-order valence-electron chi connectivity index (χ0n) is 13.3. The fourth-order valence-electron chi connectivity index (χ4n) is 3.11. The highest BCUT2D eigenvalue weighted by atomic mass is 79.9. The van der Waals surface area contributed by atoms with E-state index in [1.807, 2.05) is 25.1 Å². The molecule has 3 rings (SSSR count). The smallest absolute Gasteiger partial charge is 0.311 e. The van der Waals surface area contributed by atoms with E-state index in [9.17, 15) is 4.79 Å². The first kappa shape index (κ1) is 17.2. The summed E-state index contributed by atoms with van der Waals surface area (Å²) >= 11 is 9.33. The summed E-state index contributed by atoms with van der Waals surface area (Å²) in [6, 6.07) is 11.8. The second-order valence-corrected chi connectivity index (χ2v) is 7.06. The molecule has 2 aromatic rings. The van der Waals surface area contributed by atoms with Crippen LogP contribution in [0.25, 0.3) is 0 Å². The van der Waals surface area contributed by atoms with Gasteiger partial charge in [-0.25, -0.2) is 4.98 Å². The predicted molar refractivity (Wildman–Crippen MR) is 98.5 cm³/mol. The number of nitrogens with zero attached hydrogens (tertiary/aromatic N) is 2. The summed E-state index contributed by atoms with van der Waals surface area (Å²) in [6.45, 7) is 3.59. The fraction of sp³-hybridized carbons (Fsp3) is 0.333. The molecule has 0 bridgehead atoms. The quantitative estimate of drug-likeness (QED) is 0.558. The molecule has 0 saturated carbocycles. The lowest BCUT2D eigenvalue weighted by Crippen LogP contribution is -2.25. The van der Waals surface area contributed by atoms with E-state index in [0.717, 1.165) is 22.3 Å². The minimum absolute atomic E-state index is 0.0906. The number of hydrogen-bond acceptors (Lipinski definition) is 4. The number of ether oxygens (including phenoxy) is 1. The fourth-order valence-corrected chi connectivity index (χ4v) is 3.48. The number of esters is 1. The average molecular weight is 410 g/mol. The number of carbonyl (C=O) groups is 1. The van der Waals surface area contributed by atoms with Crippen LogP contribution in [0, 0.1) is 5.92 Å². The summed E-state index contributed by atoms with van der Waals surface area (Å²) in [5.74, 6) is -0.246. The van der Waals surface area contributed by atoms with E-state index in [-0.39, 0.29) is 17.8 Å². The molecule has 1 fully saturated rings. The van der Waals surface area contributed by atoms with Crippen molar-refractivity contribution in [1.29, 1.82) is 0 Å². The summed E-state index contributed by atoms with van der Waals surface area (Å²) in [6.07, 6.45) is 1.74. The van der Waals surface area contributed by atoms with Crippen molar-refractivity contribution in [3.05, 3.63) is 57.8 Å². The Morgan fingerprint density at radius 1 is 1.29 bits per heavy atom. The second-order valence-electron chi connectivity index (χ2n) is 5.76. The van der Waals surface area contributed by atoms with E-state index < -0.39 is 0 Å². The van der Waals surface area contributed by atoms with E-state index in [4.69, 9.17) is 16.3 Å². The second kappa shape index (κ2) is 7.53. The Kier molecular flexibility index (Phi) is 5.41.